The molecular formula is C20H46N2O3. The van der Waals surface area contributed by atoms with Gasteiger partial charge in [-0.05, 0) is 25.2 Å². The maximum atomic E-state index is 10.9. The highest BCUT2D eigenvalue weighted by Crippen LogP contribution is 2.04. The molecule has 0 fully saturated rings. The number of rotatable bonds is 7. The molecule has 5 nitrogen and oxygen atoms in total. The lowest BCUT2D eigenvalue weighted by Crippen LogP contribution is -2.27. The molecule has 0 aliphatic rings. The van der Waals surface area contributed by atoms with E-state index in [1.807, 2.05) is 34.7 Å². The summed E-state index contributed by atoms with van der Waals surface area (Å²) in [7, 11) is 4.99. The summed E-state index contributed by atoms with van der Waals surface area (Å²) in [5.74, 6) is 0.861. The molecular weight excluding hydrogens is 316 g/mol. The van der Waals surface area contributed by atoms with Crippen LogP contribution in [0.15, 0.2) is 0 Å². The van der Waals surface area contributed by atoms with Crippen molar-refractivity contribution in [1.29, 1.82) is 0 Å². The van der Waals surface area contributed by atoms with Crippen molar-refractivity contribution in [2.45, 2.75) is 81.1 Å². The van der Waals surface area contributed by atoms with Crippen LogP contribution in [-0.4, -0.2) is 56.1 Å². The lowest BCUT2D eigenvalue weighted by molar-refractivity contribution is -0.127. The number of methoxy groups -OCH3 is 1. The molecule has 0 saturated carbocycles. The maximum Gasteiger partial charge on any atom is 0.409 e. The van der Waals surface area contributed by atoms with Crippen LogP contribution in [0.25, 0.3) is 0 Å². The highest BCUT2D eigenvalue weighted by molar-refractivity contribution is 5.72. The van der Waals surface area contributed by atoms with Gasteiger partial charge < -0.3 is 14.5 Å². The van der Waals surface area contributed by atoms with Crippen molar-refractivity contribution in [3.05, 3.63) is 0 Å². The molecule has 0 N–H and O–H groups in total. The van der Waals surface area contributed by atoms with E-state index in [4.69, 9.17) is 0 Å². The quantitative estimate of drug-likeness (QED) is 0.606. The summed E-state index contributed by atoms with van der Waals surface area (Å²) in [5, 5.41) is 0. The Balaban J connectivity index is -0.000000150. The second-order valence-corrected chi connectivity index (χ2v) is 5.72. The van der Waals surface area contributed by atoms with Gasteiger partial charge in [-0.2, -0.15) is 0 Å². The first-order valence-electron chi connectivity index (χ1n) is 9.76. The molecule has 0 aromatic heterocycles. The number of unbranched alkanes of at least 4 members (excludes halogenated alkanes) is 1. The smallest absolute Gasteiger partial charge is 0.409 e. The fraction of sp³-hybridized carbons (Fsp3) is 0.900. The lowest BCUT2D eigenvalue weighted by atomic mass is 10.1. The van der Waals surface area contributed by atoms with Crippen LogP contribution in [0.5, 0.6) is 0 Å². The van der Waals surface area contributed by atoms with Crippen LogP contribution in [-0.2, 0) is 9.53 Å². The zero-order valence-corrected chi connectivity index (χ0v) is 18.9. The van der Waals surface area contributed by atoms with E-state index in [1.54, 1.807) is 23.8 Å². The van der Waals surface area contributed by atoms with Crippen molar-refractivity contribution < 1.29 is 14.3 Å². The second-order valence-electron chi connectivity index (χ2n) is 5.72. The van der Waals surface area contributed by atoms with E-state index in [1.165, 1.54) is 7.11 Å². The van der Waals surface area contributed by atoms with Crippen LogP contribution in [0.1, 0.15) is 81.1 Å². The minimum atomic E-state index is -0.251. The molecule has 0 rings (SSSR count). The first kappa shape index (κ1) is 31.5. The Morgan fingerprint density at radius 1 is 0.920 bits per heavy atom. The van der Waals surface area contributed by atoms with Crippen LogP contribution in [0, 0.1) is 5.92 Å². The fourth-order valence-electron chi connectivity index (χ4n) is 1.54. The van der Waals surface area contributed by atoms with E-state index in [0.29, 0.717) is 5.92 Å². The average molecular weight is 363 g/mol. The van der Waals surface area contributed by atoms with Gasteiger partial charge in [-0.15, -0.1) is 0 Å². The maximum absolute atomic E-state index is 10.9. The summed E-state index contributed by atoms with van der Waals surface area (Å²) in [6.45, 7) is 17.7. The Morgan fingerprint density at radius 3 is 1.68 bits per heavy atom. The van der Waals surface area contributed by atoms with Crippen molar-refractivity contribution >= 4 is 12.0 Å². The predicted octanol–water partition coefficient (Wildman–Crippen LogP) is 5.44. The highest BCUT2D eigenvalue weighted by Gasteiger charge is 2.06. The van der Waals surface area contributed by atoms with Gasteiger partial charge in [-0.3, -0.25) is 4.79 Å². The van der Waals surface area contributed by atoms with Crippen LogP contribution >= 0.6 is 0 Å². The number of carbonyl (C=O) groups is 2. The summed E-state index contributed by atoms with van der Waals surface area (Å²) in [6, 6.07) is 0. The number of hydrogen-bond donors (Lipinski definition) is 0. The van der Waals surface area contributed by atoms with Gasteiger partial charge in [0.2, 0.25) is 5.91 Å². The number of amides is 2. The molecule has 0 bridgehead atoms. The van der Waals surface area contributed by atoms with Gasteiger partial charge >= 0.3 is 6.09 Å². The van der Waals surface area contributed by atoms with Gasteiger partial charge in [0.25, 0.3) is 0 Å². The van der Waals surface area contributed by atoms with Crippen molar-refractivity contribution in [2.75, 3.05) is 34.3 Å². The van der Waals surface area contributed by atoms with E-state index in [9.17, 15) is 9.59 Å². The molecule has 0 aromatic rings. The normalized spacial score (nSPS) is 8.64. The largest absolute Gasteiger partial charge is 0.453 e. The first-order chi connectivity index (χ1) is 11.8. The predicted molar refractivity (Wildman–Crippen MR) is 110 cm³/mol. The molecule has 25 heavy (non-hydrogen) atoms. The first-order valence-corrected chi connectivity index (χ1v) is 9.76. The van der Waals surface area contributed by atoms with Crippen molar-refractivity contribution in [2.24, 2.45) is 5.92 Å². The number of nitrogens with zero attached hydrogens (tertiary/aromatic N) is 2. The SMILES string of the molecule is CC.CC.CCCCN(C)C(C)=O.COC(=O)N(C)CCCC(C)C. The molecule has 0 aliphatic heterocycles. The Hall–Kier alpha value is -1.26. The molecule has 0 radical (unpaired) electrons. The molecule has 2 amide bonds. The minimum absolute atomic E-state index is 0.156. The summed E-state index contributed by atoms with van der Waals surface area (Å²) in [6.07, 6.45) is 4.21. The Morgan fingerprint density at radius 2 is 1.36 bits per heavy atom. The van der Waals surface area contributed by atoms with Crippen LogP contribution in [0.2, 0.25) is 0 Å². The third kappa shape index (κ3) is 27.9. The molecule has 0 saturated heterocycles. The zero-order valence-electron chi connectivity index (χ0n) is 18.9. The van der Waals surface area contributed by atoms with Crippen LogP contribution in [0.3, 0.4) is 0 Å². The van der Waals surface area contributed by atoms with E-state index in [0.717, 1.165) is 38.8 Å². The molecule has 0 atom stereocenters. The Bertz CT molecular complexity index is 282. The van der Waals surface area contributed by atoms with E-state index >= 15 is 0 Å². The van der Waals surface area contributed by atoms with Crippen LogP contribution < -0.4 is 0 Å². The molecule has 0 aromatic carbocycles. The van der Waals surface area contributed by atoms with Gasteiger partial charge in [-0.25, -0.2) is 4.79 Å². The molecule has 0 spiro atoms. The Kier molecular flexibility index (Phi) is 31.5. The topological polar surface area (TPSA) is 49.9 Å². The van der Waals surface area contributed by atoms with Crippen molar-refractivity contribution in [3.8, 4) is 0 Å². The third-order valence-corrected chi connectivity index (χ3v) is 3.15. The average Bonchev–Trinajstić information content (AvgIpc) is 2.62. The van der Waals surface area contributed by atoms with Gasteiger partial charge in [0.1, 0.15) is 0 Å². The van der Waals surface area contributed by atoms with Gasteiger partial charge in [-0.1, -0.05) is 54.9 Å². The van der Waals surface area contributed by atoms with Crippen molar-refractivity contribution in [3.63, 3.8) is 0 Å². The van der Waals surface area contributed by atoms with E-state index < -0.39 is 0 Å². The third-order valence-electron chi connectivity index (χ3n) is 3.15. The molecule has 0 aliphatic carbocycles. The van der Waals surface area contributed by atoms with Gasteiger partial charge in [0.15, 0.2) is 0 Å². The summed E-state index contributed by atoms with van der Waals surface area (Å²) < 4.78 is 4.56. The summed E-state index contributed by atoms with van der Waals surface area (Å²) in [4.78, 5) is 24.8. The van der Waals surface area contributed by atoms with Gasteiger partial charge in [0, 0.05) is 34.1 Å². The molecule has 5 heteroatoms. The highest BCUT2D eigenvalue weighted by atomic mass is 16.5. The lowest BCUT2D eigenvalue weighted by Gasteiger charge is -2.15. The fourth-order valence-corrected chi connectivity index (χ4v) is 1.54. The standard InChI is InChI=1S/C9H19NO2.C7H15NO.2C2H6/c1-8(2)6-5-7-10(3)9(11)12-4;1-4-5-6-8(3)7(2)9;2*1-2/h8H,5-7H2,1-4H3;4-6H2,1-3H3;2*1-2H3. The molecule has 0 unspecified atom stereocenters. The van der Waals surface area contributed by atoms with E-state index in [2.05, 4.69) is 25.5 Å². The number of ether oxygens (including phenoxy) is 1. The van der Waals surface area contributed by atoms with Crippen LogP contribution in [0.4, 0.5) is 4.79 Å². The zero-order chi connectivity index (χ0) is 20.8. The number of carbonyl (C=O) groups excluding carboxylic acids is 2. The summed E-state index contributed by atoms with van der Waals surface area (Å²) in [5.41, 5.74) is 0. The summed E-state index contributed by atoms with van der Waals surface area (Å²) >= 11 is 0. The monoisotopic (exact) mass is 362 g/mol. The number of hydrogen-bond acceptors (Lipinski definition) is 3. The molecule has 0 heterocycles. The van der Waals surface area contributed by atoms with Crippen molar-refractivity contribution in [1.82, 2.24) is 9.80 Å². The molecule has 154 valence electrons. The Labute approximate surface area is 158 Å². The minimum Gasteiger partial charge on any atom is -0.453 e. The van der Waals surface area contributed by atoms with Gasteiger partial charge in [0.05, 0.1) is 7.11 Å². The second kappa shape index (κ2) is 25.0. The van der Waals surface area contributed by atoms with E-state index in [-0.39, 0.29) is 12.0 Å².